The van der Waals surface area contributed by atoms with Gasteiger partial charge in [0, 0.05) is 24.6 Å². The molecule has 0 amide bonds. The van der Waals surface area contributed by atoms with Crippen LogP contribution in [0.4, 0.5) is 0 Å². The first-order valence-electron chi connectivity index (χ1n) is 7.60. The van der Waals surface area contributed by atoms with Crippen molar-refractivity contribution in [2.45, 2.75) is 45.6 Å². The van der Waals surface area contributed by atoms with E-state index in [1.54, 1.807) is 0 Å². The Hall–Kier alpha value is -0.120. The van der Waals surface area contributed by atoms with Crippen molar-refractivity contribution in [1.29, 1.82) is 0 Å². The van der Waals surface area contributed by atoms with Crippen molar-refractivity contribution in [3.05, 3.63) is 0 Å². The van der Waals surface area contributed by atoms with E-state index in [0.717, 1.165) is 31.6 Å². The Morgan fingerprint density at radius 2 is 1.94 bits per heavy atom. The van der Waals surface area contributed by atoms with E-state index in [4.69, 9.17) is 10.5 Å². The van der Waals surface area contributed by atoms with Gasteiger partial charge < -0.3 is 10.5 Å². The van der Waals surface area contributed by atoms with Gasteiger partial charge in [0.1, 0.15) is 0 Å². The minimum absolute atomic E-state index is 0.151. The summed E-state index contributed by atoms with van der Waals surface area (Å²) in [6.07, 6.45) is 3.85. The first kappa shape index (κ1) is 14.3. The second-order valence-electron chi connectivity index (χ2n) is 6.69. The van der Waals surface area contributed by atoms with Gasteiger partial charge in [-0.05, 0) is 51.1 Å². The number of ether oxygens (including phenoxy) is 1. The van der Waals surface area contributed by atoms with Crippen LogP contribution in [0.1, 0.15) is 40.0 Å². The molecule has 2 heterocycles. The van der Waals surface area contributed by atoms with Crippen LogP contribution < -0.4 is 5.73 Å². The molecule has 3 nitrogen and oxygen atoms in total. The van der Waals surface area contributed by atoms with Crippen LogP contribution >= 0.6 is 0 Å². The van der Waals surface area contributed by atoms with Gasteiger partial charge in [0.05, 0.1) is 6.61 Å². The highest BCUT2D eigenvalue weighted by Crippen LogP contribution is 2.35. The van der Waals surface area contributed by atoms with Crippen molar-refractivity contribution in [3.63, 3.8) is 0 Å². The highest BCUT2D eigenvalue weighted by atomic mass is 16.5. The fourth-order valence-electron chi connectivity index (χ4n) is 3.66. The third kappa shape index (κ3) is 2.73. The average Bonchev–Trinajstić information content (AvgIpc) is 2.92. The quantitative estimate of drug-likeness (QED) is 0.835. The van der Waals surface area contributed by atoms with E-state index in [0.29, 0.717) is 5.92 Å². The summed E-state index contributed by atoms with van der Waals surface area (Å²) in [5, 5.41) is 0. The Morgan fingerprint density at radius 1 is 1.28 bits per heavy atom. The number of hydrogen-bond donors (Lipinski definition) is 1. The molecule has 106 valence electrons. The van der Waals surface area contributed by atoms with Crippen LogP contribution in [0.5, 0.6) is 0 Å². The number of rotatable bonds is 4. The minimum atomic E-state index is 0.151. The molecule has 3 heteroatoms. The van der Waals surface area contributed by atoms with Gasteiger partial charge in [-0.2, -0.15) is 0 Å². The van der Waals surface area contributed by atoms with E-state index in [1.165, 1.54) is 32.4 Å². The van der Waals surface area contributed by atoms with Gasteiger partial charge in [-0.15, -0.1) is 0 Å². The first-order valence-corrected chi connectivity index (χ1v) is 7.60. The number of hydrogen-bond acceptors (Lipinski definition) is 3. The van der Waals surface area contributed by atoms with Crippen LogP contribution in [0.15, 0.2) is 0 Å². The smallest absolute Gasteiger partial charge is 0.0513 e. The third-order valence-corrected chi connectivity index (χ3v) is 5.43. The maximum atomic E-state index is 6.11. The molecule has 2 fully saturated rings. The molecular formula is C15H30N2O. The molecule has 2 atom stereocenters. The van der Waals surface area contributed by atoms with Crippen LogP contribution in [0.2, 0.25) is 0 Å². The van der Waals surface area contributed by atoms with Gasteiger partial charge in [-0.25, -0.2) is 0 Å². The zero-order valence-corrected chi connectivity index (χ0v) is 12.3. The molecule has 2 rings (SSSR count). The van der Waals surface area contributed by atoms with Crippen molar-refractivity contribution < 1.29 is 4.74 Å². The molecule has 0 aromatic heterocycles. The molecule has 0 spiro atoms. The number of piperidine rings is 1. The SMILES string of the molecule is CC(C)C1CCN(C(C)(CN)C2CCOC2)CC1. The standard InChI is InChI=1S/C15H30N2O/c1-12(2)13-4-7-17(8-5-13)15(3,11-16)14-6-9-18-10-14/h12-14H,4-11,16H2,1-3H3. The number of nitrogens with zero attached hydrogens (tertiary/aromatic N) is 1. The van der Waals surface area contributed by atoms with Crippen molar-refractivity contribution >= 4 is 0 Å². The maximum absolute atomic E-state index is 6.11. The van der Waals surface area contributed by atoms with Crippen LogP contribution in [0.3, 0.4) is 0 Å². The Labute approximate surface area is 112 Å². The summed E-state index contributed by atoms with van der Waals surface area (Å²) in [5.41, 5.74) is 6.27. The predicted molar refractivity (Wildman–Crippen MR) is 75.5 cm³/mol. The van der Waals surface area contributed by atoms with Crippen molar-refractivity contribution in [2.75, 3.05) is 32.8 Å². The molecule has 2 saturated heterocycles. The molecule has 0 aromatic carbocycles. The lowest BCUT2D eigenvalue weighted by Gasteiger charge is -2.48. The predicted octanol–water partition coefficient (Wildman–Crippen LogP) is 2.11. The molecule has 2 aliphatic rings. The molecule has 0 saturated carbocycles. The Bertz CT molecular complexity index is 255. The van der Waals surface area contributed by atoms with Crippen molar-refractivity contribution in [3.8, 4) is 0 Å². The van der Waals surface area contributed by atoms with Gasteiger partial charge in [0.15, 0.2) is 0 Å². The summed E-state index contributed by atoms with van der Waals surface area (Å²) < 4.78 is 5.57. The Morgan fingerprint density at radius 3 is 2.39 bits per heavy atom. The van der Waals surface area contributed by atoms with Crippen LogP contribution in [-0.4, -0.2) is 43.3 Å². The lowest BCUT2D eigenvalue weighted by molar-refractivity contribution is 0.0128. The molecule has 18 heavy (non-hydrogen) atoms. The molecule has 2 N–H and O–H groups in total. The van der Waals surface area contributed by atoms with E-state index in [-0.39, 0.29) is 5.54 Å². The average molecular weight is 254 g/mol. The molecule has 0 aromatic rings. The molecular weight excluding hydrogens is 224 g/mol. The minimum Gasteiger partial charge on any atom is -0.381 e. The van der Waals surface area contributed by atoms with E-state index >= 15 is 0 Å². The monoisotopic (exact) mass is 254 g/mol. The molecule has 2 aliphatic heterocycles. The second-order valence-corrected chi connectivity index (χ2v) is 6.69. The topological polar surface area (TPSA) is 38.5 Å². The maximum Gasteiger partial charge on any atom is 0.0513 e. The summed E-state index contributed by atoms with van der Waals surface area (Å²) >= 11 is 0. The summed E-state index contributed by atoms with van der Waals surface area (Å²) in [7, 11) is 0. The number of likely N-dealkylation sites (tertiary alicyclic amines) is 1. The molecule has 0 bridgehead atoms. The Kier molecular flexibility index (Phi) is 4.68. The fraction of sp³-hybridized carbons (Fsp3) is 1.00. The van der Waals surface area contributed by atoms with Crippen molar-refractivity contribution in [2.24, 2.45) is 23.5 Å². The highest BCUT2D eigenvalue weighted by Gasteiger charge is 2.41. The normalized spacial score (nSPS) is 30.8. The lowest BCUT2D eigenvalue weighted by atomic mass is 9.79. The zero-order chi connectivity index (χ0) is 13.2. The van der Waals surface area contributed by atoms with E-state index in [2.05, 4.69) is 25.7 Å². The molecule has 0 aliphatic carbocycles. The van der Waals surface area contributed by atoms with Gasteiger partial charge in [-0.1, -0.05) is 13.8 Å². The van der Waals surface area contributed by atoms with E-state index in [1.807, 2.05) is 0 Å². The van der Waals surface area contributed by atoms with Gasteiger partial charge in [0.25, 0.3) is 0 Å². The van der Waals surface area contributed by atoms with Crippen LogP contribution in [-0.2, 0) is 4.74 Å². The van der Waals surface area contributed by atoms with Gasteiger partial charge >= 0.3 is 0 Å². The molecule has 0 radical (unpaired) electrons. The number of nitrogens with two attached hydrogens (primary N) is 1. The Balaban J connectivity index is 1.97. The van der Waals surface area contributed by atoms with Crippen molar-refractivity contribution in [1.82, 2.24) is 4.90 Å². The third-order valence-electron chi connectivity index (χ3n) is 5.43. The second kappa shape index (κ2) is 5.89. The summed E-state index contributed by atoms with van der Waals surface area (Å²) in [4.78, 5) is 2.64. The lowest BCUT2D eigenvalue weighted by Crippen LogP contribution is -2.59. The largest absolute Gasteiger partial charge is 0.381 e. The zero-order valence-electron chi connectivity index (χ0n) is 12.3. The first-order chi connectivity index (χ1) is 8.58. The van der Waals surface area contributed by atoms with E-state index < -0.39 is 0 Å². The van der Waals surface area contributed by atoms with E-state index in [9.17, 15) is 0 Å². The molecule has 2 unspecified atom stereocenters. The highest BCUT2D eigenvalue weighted by molar-refractivity contribution is 4.97. The summed E-state index contributed by atoms with van der Waals surface area (Å²) in [6.45, 7) is 12.1. The van der Waals surface area contributed by atoms with Crippen LogP contribution in [0, 0.1) is 17.8 Å². The summed E-state index contributed by atoms with van der Waals surface area (Å²) in [5.74, 6) is 2.35. The summed E-state index contributed by atoms with van der Waals surface area (Å²) in [6, 6.07) is 0. The van der Waals surface area contributed by atoms with Gasteiger partial charge in [0.2, 0.25) is 0 Å². The van der Waals surface area contributed by atoms with Gasteiger partial charge in [-0.3, -0.25) is 4.90 Å². The van der Waals surface area contributed by atoms with Crippen LogP contribution in [0.25, 0.3) is 0 Å². The fourth-order valence-corrected chi connectivity index (χ4v) is 3.66.